The minimum atomic E-state index is 0.725. The quantitative estimate of drug-likeness (QED) is 0.505. The van der Waals surface area contributed by atoms with E-state index >= 15 is 0 Å². The molecule has 0 N–H and O–H groups in total. The lowest BCUT2D eigenvalue weighted by molar-refractivity contribution is 1.24. The summed E-state index contributed by atoms with van der Waals surface area (Å²) in [5.41, 5.74) is 1.92. The molecule has 0 radical (unpaired) electrons. The number of rotatable bonds is 6. The molecule has 0 aliphatic rings. The molecule has 2 nitrogen and oxygen atoms in total. The Labute approximate surface area is 139 Å². The molecule has 0 saturated heterocycles. The predicted octanol–water partition coefficient (Wildman–Crippen LogP) is 5.50. The number of benzene rings is 1. The molecule has 2 rings (SSSR count). The molecule has 2 aromatic rings. The zero-order valence-electron chi connectivity index (χ0n) is 12.0. The van der Waals surface area contributed by atoms with Gasteiger partial charge in [0, 0.05) is 27.4 Å². The lowest BCUT2D eigenvalue weighted by Gasteiger charge is -2.03. The Balaban J connectivity index is 2.32. The van der Waals surface area contributed by atoms with Crippen LogP contribution in [0.2, 0.25) is 5.02 Å². The summed E-state index contributed by atoms with van der Waals surface area (Å²) in [6.07, 6.45) is 1.69. The Bertz CT molecular complexity index is 630. The van der Waals surface area contributed by atoms with Crippen molar-refractivity contribution in [1.82, 2.24) is 0 Å². The van der Waals surface area contributed by atoms with Crippen molar-refractivity contribution < 1.29 is 0 Å². The van der Waals surface area contributed by atoms with Crippen LogP contribution >= 0.6 is 34.7 Å². The number of thioether (sulfide) groups is 1. The molecule has 1 heterocycles. The molecule has 5 heteroatoms. The van der Waals surface area contributed by atoms with Gasteiger partial charge in [0.05, 0.1) is 4.88 Å². The largest absolute Gasteiger partial charge is 0.163 e. The second kappa shape index (κ2) is 8.37. The molecule has 0 spiro atoms. The molecule has 110 valence electrons. The molecule has 21 heavy (non-hydrogen) atoms. The van der Waals surface area contributed by atoms with Gasteiger partial charge in [-0.05, 0) is 36.9 Å². The Hall–Kier alpha value is -1.10. The average molecular weight is 337 g/mol. The third kappa shape index (κ3) is 4.70. The van der Waals surface area contributed by atoms with Gasteiger partial charge in [0.1, 0.15) is 5.71 Å². The van der Waals surface area contributed by atoms with Gasteiger partial charge in [-0.25, -0.2) is 0 Å². The van der Waals surface area contributed by atoms with E-state index in [-0.39, 0.29) is 0 Å². The minimum absolute atomic E-state index is 0.725. The fourth-order valence-electron chi connectivity index (χ4n) is 1.76. The molecule has 0 saturated carbocycles. The molecular formula is C16H17ClN2S2. The van der Waals surface area contributed by atoms with Crippen molar-refractivity contribution >= 4 is 46.6 Å². The maximum absolute atomic E-state index is 5.96. The van der Waals surface area contributed by atoms with Crippen LogP contribution in [-0.2, 0) is 5.75 Å². The highest BCUT2D eigenvalue weighted by atomic mass is 35.5. The minimum Gasteiger partial charge on any atom is -0.163 e. The Morgan fingerprint density at radius 2 is 2.00 bits per heavy atom. The molecule has 0 aliphatic heterocycles. The van der Waals surface area contributed by atoms with Crippen molar-refractivity contribution in [1.29, 1.82) is 0 Å². The lowest BCUT2D eigenvalue weighted by Crippen LogP contribution is -2.00. The maximum Gasteiger partial charge on any atom is 0.110 e. The highest BCUT2D eigenvalue weighted by molar-refractivity contribution is 7.98. The summed E-state index contributed by atoms with van der Waals surface area (Å²) in [6, 6.07) is 12.0. The van der Waals surface area contributed by atoms with Gasteiger partial charge in [-0.1, -0.05) is 30.7 Å². The molecule has 1 aromatic heterocycles. The van der Waals surface area contributed by atoms with Crippen LogP contribution in [-0.4, -0.2) is 17.7 Å². The van der Waals surface area contributed by atoms with Crippen LogP contribution in [0.15, 0.2) is 46.6 Å². The second-order valence-corrected chi connectivity index (χ2v) is 7.11. The van der Waals surface area contributed by atoms with Gasteiger partial charge in [-0.3, -0.25) is 0 Å². The number of thiophene rings is 1. The van der Waals surface area contributed by atoms with E-state index in [1.165, 1.54) is 4.88 Å². The van der Waals surface area contributed by atoms with Crippen molar-refractivity contribution in [3.63, 3.8) is 0 Å². The predicted molar refractivity (Wildman–Crippen MR) is 97.4 cm³/mol. The first-order valence-electron chi connectivity index (χ1n) is 6.73. The van der Waals surface area contributed by atoms with Crippen molar-refractivity contribution in [3.05, 3.63) is 56.7 Å². The molecule has 0 fully saturated rings. The maximum atomic E-state index is 5.96. The summed E-state index contributed by atoms with van der Waals surface area (Å²) in [5, 5.41) is 9.13. The van der Waals surface area contributed by atoms with E-state index in [9.17, 15) is 0 Å². The molecule has 0 unspecified atom stereocenters. The topological polar surface area (TPSA) is 24.7 Å². The second-order valence-electron chi connectivity index (χ2n) is 4.23. The molecule has 1 aromatic carbocycles. The standard InChI is InChI=1S/C16H17ClN2S2/c1-3-18-19-16(12-5-7-13(17)8-6-12)15-10-9-14(21-15)11-20-4-2/h3,5-10H,4,11H2,1-2H3. The molecular weight excluding hydrogens is 320 g/mol. The summed E-state index contributed by atoms with van der Waals surface area (Å²) in [7, 11) is 0. The van der Waals surface area contributed by atoms with Gasteiger partial charge in [-0.15, -0.1) is 16.4 Å². The van der Waals surface area contributed by atoms with Gasteiger partial charge >= 0.3 is 0 Å². The summed E-state index contributed by atoms with van der Waals surface area (Å²) >= 11 is 9.66. The van der Waals surface area contributed by atoms with Gasteiger partial charge in [-0.2, -0.15) is 16.9 Å². The van der Waals surface area contributed by atoms with Gasteiger partial charge < -0.3 is 0 Å². The monoisotopic (exact) mass is 336 g/mol. The van der Waals surface area contributed by atoms with Crippen LogP contribution in [0.1, 0.15) is 29.2 Å². The van der Waals surface area contributed by atoms with E-state index in [1.807, 2.05) is 43.0 Å². The first kappa shape index (κ1) is 16.3. The van der Waals surface area contributed by atoms with Crippen LogP contribution in [0.4, 0.5) is 0 Å². The zero-order chi connectivity index (χ0) is 15.1. The van der Waals surface area contributed by atoms with Crippen LogP contribution < -0.4 is 0 Å². The number of nitrogens with zero attached hydrogens (tertiary/aromatic N) is 2. The zero-order valence-corrected chi connectivity index (χ0v) is 14.4. The van der Waals surface area contributed by atoms with E-state index in [0.29, 0.717) is 0 Å². The van der Waals surface area contributed by atoms with Crippen molar-refractivity contribution in [2.24, 2.45) is 10.2 Å². The lowest BCUT2D eigenvalue weighted by atomic mass is 10.1. The highest BCUT2D eigenvalue weighted by Gasteiger charge is 2.10. The van der Waals surface area contributed by atoms with Crippen LogP contribution in [0.3, 0.4) is 0 Å². The molecule has 0 aliphatic carbocycles. The summed E-state index contributed by atoms with van der Waals surface area (Å²) < 4.78 is 0. The molecule has 0 bridgehead atoms. The van der Waals surface area contributed by atoms with Crippen molar-refractivity contribution in [2.75, 3.05) is 5.75 Å². The van der Waals surface area contributed by atoms with Gasteiger partial charge in [0.25, 0.3) is 0 Å². The van der Waals surface area contributed by atoms with E-state index in [1.54, 1.807) is 17.6 Å². The smallest absolute Gasteiger partial charge is 0.110 e. The third-order valence-electron chi connectivity index (χ3n) is 2.73. The van der Waals surface area contributed by atoms with Gasteiger partial charge in [0.2, 0.25) is 0 Å². The number of hydrogen-bond donors (Lipinski definition) is 0. The Morgan fingerprint density at radius 3 is 2.67 bits per heavy atom. The average Bonchev–Trinajstić information content (AvgIpc) is 2.96. The normalized spacial score (nSPS) is 12.2. The summed E-state index contributed by atoms with van der Waals surface area (Å²) in [4.78, 5) is 2.49. The van der Waals surface area contributed by atoms with E-state index in [4.69, 9.17) is 11.6 Å². The number of hydrogen-bond acceptors (Lipinski definition) is 4. The van der Waals surface area contributed by atoms with E-state index in [2.05, 4.69) is 29.3 Å². The Kier molecular flexibility index (Phi) is 6.49. The van der Waals surface area contributed by atoms with Crippen LogP contribution in [0.5, 0.6) is 0 Å². The molecule has 0 atom stereocenters. The first-order chi connectivity index (χ1) is 10.2. The summed E-state index contributed by atoms with van der Waals surface area (Å²) in [6.45, 7) is 4.04. The van der Waals surface area contributed by atoms with Crippen LogP contribution in [0, 0.1) is 0 Å². The van der Waals surface area contributed by atoms with Crippen molar-refractivity contribution in [2.45, 2.75) is 19.6 Å². The van der Waals surface area contributed by atoms with Crippen LogP contribution in [0.25, 0.3) is 0 Å². The van der Waals surface area contributed by atoms with Crippen molar-refractivity contribution in [3.8, 4) is 0 Å². The van der Waals surface area contributed by atoms with E-state index in [0.717, 1.165) is 32.7 Å². The van der Waals surface area contributed by atoms with Gasteiger partial charge in [0.15, 0.2) is 0 Å². The first-order valence-corrected chi connectivity index (χ1v) is 9.08. The van der Waals surface area contributed by atoms with E-state index < -0.39 is 0 Å². The fraction of sp³-hybridized carbons (Fsp3) is 0.250. The number of halogens is 1. The SMILES string of the molecule is CC=NN=C(c1ccc(Cl)cc1)c1ccc(CSCC)s1. The Morgan fingerprint density at radius 1 is 1.24 bits per heavy atom. The highest BCUT2D eigenvalue weighted by Crippen LogP contribution is 2.25. The molecule has 0 amide bonds. The summed E-state index contributed by atoms with van der Waals surface area (Å²) in [5.74, 6) is 2.18. The fourth-order valence-corrected chi connectivity index (χ4v) is 3.68. The third-order valence-corrected chi connectivity index (χ3v) is 5.18.